The zero-order valence-electron chi connectivity index (χ0n) is 6.26. The number of nitrogens with zero attached hydrogens (tertiary/aromatic N) is 1. The fourth-order valence-electron chi connectivity index (χ4n) is 0.904. The van der Waals surface area contributed by atoms with E-state index in [-0.39, 0.29) is 5.82 Å². The molecular formula is C9H8FN. The smallest absolute Gasteiger partial charge is 0.127 e. The number of nitriles is 1. The minimum Gasteiger partial charge on any atom is -0.207 e. The molecule has 0 aliphatic carbocycles. The van der Waals surface area contributed by atoms with Crippen molar-refractivity contribution >= 4 is 0 Å². The maximum Gasteiger partial charge on any atom is 0.127 e. The Morgan fingerprint density at radius 1 is 1.55 bits per heavy atom. The molecule has 2 heteroatoms. The topological polar surface area (TPSA) is 23.8 Å². The summed E-state index contributed by atoms with van der Waals surface area (Å²) >= 11 is 0. The molecule has 0 radical (unpaired) electrons. The molecule has 1 aromatic rings. The molecule has 56 valence electrons. The van der Waals surface area contributed by atoms with E-state index < -0.39 is 0 Å². The summed E-state index contributed by atoms with van der Waals surface area (Å²) in [6.07, 6.45) is 0.664. The fourth-order valence-corrected chi connectivity index (χ4v) is 0.904. The minimum atomic E-state index is -0.286. The van der Waals surface area contributed by atoms with Gasteiger partial charge in [-0.3, -0.25) is 0 Å². The average Bonchev–Trinajstić information content (AvgIpc) is 2.04. The maximum absolute atomic E-state index is 12.9. The van der Waals surface area contributed by atoms with Crippen LogP contribution in [0.15, 0.2) is 18.2 Å². The summed E-state index contributed by atoms with van der Waals surface area (Å²) in [5, 5.41) is 8.41. The molecule has 0 aliphatic heterocycles. The van der Waals surface area contributed by atoms with Gasteiger partial charge in [-0.25, -0.2) is 4.39 Å². The van der Waals surface area contributed by atoms with Crippen molar-refractivity contribution in [2.45, 2.75) is 13.3 Å². The van der Waals surface area contributed by atoms with Crippen molar-refractivity contribution in [2.24, 2.45) is 0 Å². The van der Waals surface area contributed by atoms with E-state index in [0.717, 1.165) is 0 Å². The number of halogens is 1. The first kappa shape index (κ1) is 7.74. The van der Waals surface area contributed by atoms with Crippen LogP contribution >= 0.6 is 0 Å². The quantitative estimate of drug-likeness (QED) is 0.600. The fraction of sp³-hybridized carbons (Fsp3) is 0.222. The first-order chi connectivity index (χ1) is 5.27. The van der Waals surface area contributed by atoms with E-state index >= 15 is 0 Å². The lowest BCUT2D eigenvalue weighted by Gasteiger charge is -1.97. The minimum absolute atomic E-state index is 0.286. The van der Waals surface area contributed by atoms with Gasteiger partial charge >= 0.3 is 0 Å². The Kier molecular flexibility index (Phi) is 2.22. The summed E-state index contributed by atoms with van der Waals surface area (Å²) in [4.78, 5) is 0. The standard InChI is InChI=1S/C9H8FN/c1-2-8-4-3-7(6-11)5-9(8)10/h3-5H,2H2,1H3. The Labute approximate surface area is 65.1 Å². The van der Waals surface area contributed by atoms with E-state index in [2.05, 4.69) is 0 Å². The predicted octanol–water partition coefficient (Wildman–Crippen LogP) is 2.26. The molecule has 1 aromatic carbocycles. The van der Waals surface area contributed by atoms with Crippen LogP contribution in [0.1, 0.15) is 18.1 Å². The van der Waals surface area contributed by atoms with Crippen LogP contribution in [0.5, 0.6) is 0 Å². The van der Waals surface area contributed by atoms with Gasteiger partial charge in [-0.05, 0) is 24.1 Å². The average molecular weight is 149 g/mol. The number of aryl methyl sites for hydroxylation is 1. The van der Waals surface area contributed by atoms with Crippen molar-refractivity contribution in [3.63, 3.8) is 0 Å². The van der Waals surface area contributed by atoms with Gasteiger partial charge in [-0.15, -0.1) is 0 Å². The highest BCUT2D eigenvalue weighted by atomic mass is 19.1. The van der Waals surface area contributed by atoms with Gasteiger partial charge in [-0.2, -0.15) is 5.26 Å². The van der Waals surface area contributed by atoms with Gasteiger partial charge < -0.3 is 0 Å². The van der Waals surface area contributed by atoms with Crippen LogP contribution in [-0.2, 0) is 6.42 Å². The van der Waals surface area contributed by atoms with E-state index in [1.807, 2.05) is 13.0 Å². The molecule has 0 bridgehead atoms. The molecule has 0 aromatic heterocycles. The number of hydrogen-bond acceptors (Lipinski definition) is 1. The molecule has 0 aliphatic rings. The number of hydrogen-bond donors (Lipinski definition) is 0. The van der Waals surface area contributed by atoms with Crippen molar-refractivity contribution in [1.82, 2.24) is 0 Å². The SMILES string of the molecule is CCc1ccc(C#N)cc1F. The molecule has 0 atom stereocenters. The third-order valence-electron chi connectivity index (χ3n) is 1.56. The van der Waals surface area contributed by atoms with Gasteiger partial charge in [0.05, 0.1) is 11.6 Å². The Morgan fingerprint density at radius 2 is 2.27 bits per heavy atom. The molecule has 0 saturated carbocycles. The largest absolute Gasteiger partial charge is 0.207 e. The van der Waals surface area contributed by atoms with Crippen LogP contribution in [0.2, 0.25) is 0 Å². The number of benzene rings is 1. The molecular weight excluding hydrogens is 141 g/mol. The van der Waals surface area contributed by atoms with Crippen molar-refractivity contribution in [1.29, 1.82) is 5.26 Å². The normalized spacial score (nSPS) is 9.18. The summed E-state index contributed by atoms with van der Waals surface area (Å²) < 4.78 is 12.9. The lowest BCUT2D eigenvalue weighted by molar-refractivity contribution is 0.612. The van der Waals surface area contributed by atoms with Gasteiger partial charge in [-0.1, -0.05) is 13.0 Å². The molecule has 1 rings (SSSR count). The summed E-state index contributed by atoms with van der Waals surface area (Å²) in [6.45, 7) is 1.88. The molecule has 11 heavy (non-hydrogen) atoms. The monoisotopic (exact) mass is 149 g/mol. The van der Waals surface area contributed by atoms with E-state index in [9.17, 15) is 4.39 Å². The van der Waals surface area contributed by atoms with Gasteiger partial charge in [0.15, 0.2) is 0 Å². The Morgan fingerprint density at radius 3 is 2.73 bits per heavy atom. The molecule has 0 N–H and O–H groups in total. The zero-order valence-corrected chi connectivity index (χ0v) is 6.26. The third-order valence-corrected chi connectivity index (χ3v) is 1.56. The molecule has 1 nitrogen and oxygen atoms in total. The van der Waals surface area contributed by atoms with Crippen LogP contribution in [0.3, 0.4) is 0 Å². The van der Waals surface area contributed by atoms with Crippen molar-refractivity contribution < 1.29 is 4.39 Å². The van der Waals surface area contributed by atoms with Crippen LogP contribution in [0, 0.1) is 17.1 Å². The van der Waals surface area contributed by atoms with Gasteiger partial charge in [0.2, 0.25) is 0 Å². The van der Waals surface area contributed by atoms with Gasteiger partial charge in [0, 0.05) is 0 Å². The highest BCUT2D eigenvalue weighted by Gasteiger charge is 1.99. The summed E-state index contributed by atoms with van der Waals surface area (Å²) in [7, 11) is 0. The second-order valence-corrected chi connectivity index (χ2v) is 2.27. The van der Waals surface area contributed by atoms with E-state index in [1.54, 1.807) is 12.1 Å². The number of rotatable bonds is 1. The Bertz CT molecular complexity index is 299. The lowest BCUT2D eigenvalue weighted by Crippen LogP contribution is -1.87. The molecule has 0 saturated heterocycles. The second-order valence-electron chi connectivity index (χ2n) is 2.27. The van der Waals surface area contributed by atoms with Crippen LogP contribution in [0.25, 0.3) is 0 Å². The highest BCUT2D eigenvalue weighted by Crippen LogP contribution is 2.09. The summed E-state index contributed by atoms with van der Waals surface area (Å²) in [5.74, 6) is -0.286. The molecule has 0 fully saturated rings. The van der Waals surface area contributed by atoms with Crippen LogP contribution in [0.4, 0.5) is 4.39 Å². The second kappa shape index (κ2) is 3.16. The first-order valence-electron chi connectivity index (χ1n) is 3.46. The maximum atomic E-state index is 12.9. The third kappa shape index (κ3) is 1.56. The Hall–Kier alpha value is -1.36. The Balaban J connectivity index is 3.12. The van der Waals surface area contributed by atoms with Crippen LogP contribution in [-0.4, -0.2) is 0 Å². The summed E-state index contributed by atoms with van der Waals surface area (Å²) in [6, 6.07) is 6.42. The van der Waals surface area contributed by atoms with E-state index in [1.165, 1.54) is 6.07 Å². The highest BCUT2D eigenvalue weighted by molar-refractivity contribution is 5.32. The molecule has 0 heterocycles. The van der Waals surface area contributed by atoms with Crippen LogP contribution < -0.4 is 0 Å². The van der Waals surface area contributed by atoms with E-state index in [0.29, 0.717) is 17.5 Å². The molecule has 0 amide bonds. The van der Waals surface area contributed by atoms with Gasteiger partial charge in [0.25, 0.3) is 0 Å². The lowest BCUT2D eigenvalue weighted by atomic mass is 10.1. The van der Waals surface area contributed by atoms with Crippen molar-refractivity contribution in [2.75, 3.05) is 0 Å². The molecule has 0 unspecified atom stereocenters. The van der Waals surface area contributed by atoms with Gasteiger partial charge in [0.1, 0.15) is 5.82 Å². The van der Waals surface area contributed by atoms with Crippen molar-refractivity contribution in [3.8, 4) is 6.07 Å². The first-order valence-corrected chi connectivity index (χ1v) is 3.46. The zero-order chi connectivity index (χ0) is 8.27. The van der Waals surface area contributed by atoms with E-state index in [4.69, 9.17) is 5.26 Å². The van der Waals surface area contributed by atoms with Crippen molar-refractivity contribution in [3.05, 3.63) is 35.1 Å². The predicted molar refractivity (Wildman–Crippen MR) is 40.5 cm³/mol. The summed E-state index contributed by atoms with van der Waals surface area (Å²) in [5.41, 5.74) is 1.03. The molecule has 0 spiro atoms.